The second-order valence-corrected chi connectivity index (χ2v) is 13.2. The normalized spacial score (nSPS) is 28.1. The Kier molecular flexibility index (Phi) is 4.17. The van der Waals surface area contributed by atoms with Gasteiger partial charge in [0.1, 0.15) is 0 Å². The Hall–Kier alpha value is -1.13. The minimum atomic E-state index is -1.99. The first-order valence-electron chi connectivity index (χ1n) is 8.83. The van der Waals surface area contributed by atoms with E-state index in [1.165, 1.54) is 5.56 Å². The first kappa shape index (κ1) is 16.7. The van der Waals surface area contributed by atoms with E-state index in [1.54, 1.807) is 0 Å². The highest BCUT2D eigenvalue weighted by Gasteiger charge is 2.67. The highest BCUT2D eigenvalue weighted by atomic mass is 28.3. The molecule has 1 aliphatic carbocycles. The van der Waals surface area contributed by atoms with Crippen LogP contribution >= 0.6 is 0 Å². The Morgan fingerprint density at radius 3 is 2.26 bits per heavy atom. The Labute approximate surface area is 140 Å². The van der Waals surface area contributed by atoms with Gasteiger partial charge in [0.15, 0.2) is 5.22 Å². The average molecular weight is 333 g/mol. The average Bonchev–Trinajstić information content (AvgIpc) is 3.06. The number of hydrogen-bond donors (Lipinski definition) is 0. The molecule has 0 radical (unpaired) electrons. The molecule has 1 heterocycles. The fraction of sp³-hybridized carbons (Fsp3) is 0.632. The van der Waals surface area contributed by atoms with E-state index in [0.717, 1.165) is 32.1 Å². The van der Waals surface area contributed by atoms with Gasteiger partial charge in [0.25, 0.3) is 0 Å². The molecule has 1 spiro atoms. The maximum absolute atomic E-state index is 13.2. The van der Waals surface area contributed by atoms with Gasteiger partial charge in [-0.2, -0.15) is 0 Å². The van der Waals surface area contributed by atoms with Gasteiger partial charge >= 0.3 is 5.97 Å². The highest BCUT2D eigenvalue weighted by Crippen LogP contribution is 2.53. The monoisotopic (exact) mass is 332 g/mol. The topological polar surface area (TPSA) is 35.5 Å². The molecule has 2 atom stereocenters. The fourth-order valence-electron chi connectivity index (χ4n) is 4.36. The van der Waals surface area contributed by atoms with Gasteiger partial charge in [-0.25, -0.2) is 4.79 Å². The van der Waals surface area contributed by atoms with Gasteiger partial charge in [-0.05, 0) is 24.8 Å². The van der Waals surface area contributed by atoms with E-state index < -0.39 is 19.1 Å². The summed E-state index contributed by atoms with van der Waals surface area (Å²) in [5, 5.41) is -0.784. The van der Waals surface area contributed by atoms with Crippen molar-refractivity contribution >= 4 is 14.0 Å². The first-order valence-corrected chi connectivity index (χ1v) is 12.3. The summed E-state index contributed by atoms with van der Waals surface area (Å²) in [6, 6.07) is 10.3. The van der Waals surface area contributed by atoms with E-state index in [9.17, 15) is 4.79 Å². The van der Waals surface area contributed by atoms with Crippen LogP contribution in [0.25, 0.3) is 0 Å². The summed E-state index contributed by atoms with van der Waals surface area (Å²) in [5.41, 5.74) is 1.18. The molecule has 0 amide bonds. The number of hydrogen-bond acceptors (Lipinski definition) is 3. The van der Waals surface area contributed by atoms with Gasteiger partial charge in [-0.3, -0.25) is 0 Å². The number of esters is 1. The van der Waals surface area contributed by atoms with Gasteiger partial charge in [0, 0.05) is 18.8 Å². The van der Waals surface area contributed by atoms with Crippen LogP contribution < -0.4 is 0 Å². The molecule has 23 heavy (non-hydrogen) atoms. The van der Waals surface area contributed by atoms with Crippen molar-refractivity contribution in [2.24, 2.45) is 0 Å². The van der Waals surface area contributed by atoms with Gasteiger partial charge in [0.2, 0.25) is 5.79 Å². The summed E-state index contributed by atoms with van der Waals surface area (Å²) in [4.78, 5) is 13.2. The van der Waals surface area contributed by atoms with Crippen LogP contribution in [0.5, 0.6) is 0 Å². The van der Waals surface area contributed by atoms with Gasteiger partial charge in [-0.15, -0.1) is 0 Å². The number of carbonyl (C=O) groups is 1. The summed E-state index contributed by atoms with van der Waals surface area (Å²) < 4.78 is 12.6. The van der Waals surface area contributed by atoms with Crippen LogP contribution in [0.2, 0.25) is 19.6 Å². The molecular weight excluding hydrogens is 304 g/mol. The molecule has 1 aliphatic heterocycles. The molecule has 1 saturated carbocycles. The third-order valence-corrected chi connectivity index (χ3v) is 8.39. The van der Waals surface area contributed by atoms with Crippen molar-refractivity contribution in [2.75, 3.05) is 0 Å². The lowest BCUT2D eigenvalue weighted by molar-refractivity contribution is -0.178. The van der Waals surface area contributed by atoms with Crippen molar-refractivity contribution < 1.29 is 14.3 Å². The molecule has 1 aromatic carbocycles. The standard InChI is InChI=1S/C19H28O3Si/c1-5-16(15-11-7-6-8-12-15)19(23(2,3)4)17(20)21-18(22-19)13-9-10-14-18/h6-8,11-12,16H,5,9-10,13-14H2,1-4H3. The zero-order valence-electron chi connectivity index (χ0n) is 14.7. The zero-order valence-corrected chi connectivity index (χ0v) is 15.7. The van der Waals surface area contributed by atoms with Gasteiger partial charge in [-0.1, -0.05) is 56.9 Å². The summed E-state index contributed by atoms with van der Waals surface area (Å²) in [6.45, 7) is 8.84. The van der Waals surface area contributed by atoms with Gasteiger partial charge < -0.3 is 9.47 Å². The van der Waals surface area contributed by atoms with Crippen LogP contribution in [0.15, 0.2) is 30.3 Å². The minimum Gasteiger partial charge on any atom is -0.431 e. The predicted octanol–water partition coefficient (Wildman–Crippen LogP) is 4.64. The molecule has 1 aromatic rings. The Balaban J connectivity index is 2.09. The molecule has 3 nitrogen and oxygen atoms in total. The second kappa shape index (κ2) is 5.74. The molecule has 2 aliphatic rings. The fourth-order valence-corrected chi connectivity index (χ4v) is 6.93. The van der Waals surface area contributed by atoms with Crippen molar-refractivity contribution in [1.29, 1.82) is 0 Å². The highest BCUT2D eigenvalue weighted by molar-refractivity contribution is 6.82. The van der Waals surface area contributed by atoms with Crippen molar-refractivity contribution in [3.8, 4) is 0 Å². The quantitative estimate of drug-likeness (QED) is 0.595. The van der Waals surface area contributed by atoms with E-state index in [2.05, 4.69) is 38.7 Å². The molecule has 0 bridgehead atoms. The maximum atomic E-state index is 13.2. The van der Waals surface area contributed by atoms with E-state index in [4.69, 9.17) is 9.47 Å². The minimum absolute atomic E-state index is 0.0582. The number of ether oxygens (including phenoxy) is 2. The van der Waals surface area contributed by atoms with Crippen LogP contribution in [0.3, 0.4) is 0 Å². The Morgan fingerprint density at radius 1 is 1.13 bits per heavy atom. The third-order valence-electron chi connectivity index (χ3n) is 5.51. The van der Waals surface area contributed by atoms with E-state index in [0.29, 0.717) is 0 Å². The molecule has 3 rings (SSSR count). The van der Waals surface area contributed by atoms with E-state index in [1.807, 2.05) is 18.2 Å². The summed E-state index contributed by atoms with van der Waals surface area (Å²) in [7, 11) is -1.99. The molecular formula is C19H28O3Si. The molecule has 0 aromatic heterocycles. The van der Waals surface area contributed by atoms with E-state index >= 15 is 0 Å². The zero-order chi connectivity index (χ0) is 16.7. The second-order valence-electron chi connectivity index (χ2n) is 7.97. The molecule has 2 fully saturated rings. The summed E-state index contributed by atoms with van der Waals surface area (Å²) in [6.07, 6.45) is 4.72. The lowest BCUT2D eigenvalue weighted by atomic mass is 9.90. The Bertz CT molecular complexity index is 572. The molecule has 126 valence electrons. The van der Waals surface area contributed by atoms with Crippen LogP contribution in [-0.2, 0) is 14.3 Å². The lowest BCUT2D eigenvalue weighted by Gasteiger charge is -2.43. The number of benzene rings is 1. The van der Waals surface area contributed by atoms with Crippen molar-refractivity contribution in [2.45, 2.75) is 75.6 Å². The largest absolute Gasteiger partial charge is 0.431 e. The van der Waals surface area contributed by atoms with Crippen LogP contribution in [-0.4, -0.2) is 25.1 Å². The van der Waals surface area contributed by atoms with Crippen molar-refractivity contribution in [3.05, 3.63) is 35.9 Å². The lowest BCUT2D eigenvalue weighted by Crippen LogP contribution is -2.61. The smallest absolute Gasteiger partial charge is 0.338 e. The third kappa shape index (κ3) is 2.56. The number of carbonyl (C=O) groups excluding carboxylic acids is 1. The van der Waals surface area contributed by atoms with Crippen LogP contribution in [0.1, 0.15) is 50.5 Å². The maximum Gasteiger partial charge on any atom is 0.338 e. The molecule has 2 unspecified atom stereocenters. The van der Waals surface area contributed by atoms with Crippen molar-refractivity contribution in [1.82, 2.24) is 0 Å². The summed E-state index contributed by atoms with van der Waals surface area (Å²) in [5.74, 6) is -0.711. The molecule has 1 saturated heterocycles. The Morgan fingerprint density at radius 2 is 1.74 bits per heavy atom. The van der Waals surface area contributed by atoms with Crippen molar-refractivity contribution in [3.63, 3.8) is 0 Å². The van der Waals surface area contributed by atoms with Crippen LogP contribution in [0, 0.1) is 0 Å². The van der Waals surface area contributed by atoms with Crippen LogP contribution in [0.4, 0.5) is 0 Å². The molecule has 0 N–H and O–H groups in total. The number of rotatable bonds is 4. The molecule has 4 heteroatoms. The first-order chi connectivity index (χ1) is 10.8. The van der Waals surface area contributed by atoms with E-state index in [-0.39, 0.29) is 11.9 Å². The predicted molar refractivity (Wildman–Crippen MR) is 93.9 cm³/mol. The summed E-state index contributed by atoms with van der Waals surface area (Å²) >= 11 is 0. The SMILES string of the molecule is CCC(c1ccccc1)C1([Si](C)(C)C)OC2(CCCC2)OC1=O. The van der Waals surface area contributed by atoms with Gasteiger partial charge in [0.05, 0.1) is 8.07 Å².